The Morgan fingerprint density at radius 2 is 2.20 bits per heavy atom. The van der Waals surface area contributed by atoms with Gasteiger partial charge in [-0.2, -0.15) is 0 Å². The molecular formula is C11H17N3O. The van der Waals surface area contributed by atoms with Crippen molar-refractivity contribution in [3.05, 3.63) is 24.0 Å². The second kappa shape index (κ2) is 4.89. The summed E-state index contributed by atoms with van der Waals surface area (Å²) < 4.78 is 0. The van der Waals surface area contributed by atoms with Gasteiger partial charge < -0.3 is 11.1 Å². The molecule has 82 valence electrons. The second-order valence-corrected chi connectivity index (χ2v) is 3.95. The minimum atomic E-state index is -0.474. The fourth-order valence-corrected chi connectivity index (χ4v) is 1.13. The Balaban J connectivity index is 2.71. The number of nitrogens with zero attached hydrogens (tertiary/aromatic N) is 1. The van der Waals surface area contributed by atoms with Crippen LogP contribution in [-0.2, 0) is 4.79 Å². The van der Waals surface area contributed by atoms with Gasteiger partial charge in [-0.25, -0.2) is 0 Å². The SMILES string of the molecule is Cc1cnccc1NC(=O)[C@@H](N)C(C)C. The Hall–Kier alpha value is -1.42. The maximum absolute atomic E-state index is 11.6. The van der Waals surface area contributed by atoms with E-state index in [9.17, 15) is 4.79 Å². The zero-order chi connectivity index (χ0) is 11.4. The molecule has 1 atom stereocenters. The maximum Gasteiger partial charge on any atom is 0.241 e. The fourth-order valence-electron chi connectivity index (χ4n) is 1.13. The van der Waals surface area contributed by atoms with Crippen molar-refractivity contribution >= 4 is 11.6 Å². The van der Waals surface area contributed by atoms with Crippen LogP contribution in [0.2, 0.25) is 0 Å². The Kier molecular flexibility index (Phi) is 3.80. The number of carbonyl (C=O) groups is 1. The summed E-state index contributed by atoms with van der Waals surface area (Å²) in [5.74, 6) is -0.0218. The molecule has 0 aliphatic carbocycles. The van der Waals surface area contributed by atoms with Crippen molar-refractivity contribution in [1.29, 1.82) is 0 Å². The Labute approximate surface area is 89.9 Å². The van der Waals surface area contributed by atoms with Crippen molar-refractivity contribution in [2.45, 2.75) is 26.8 Å². The summed E-state index contributed by atoms with van der Waals surface area (Å²) in [6.07, 6.45) is 3.35. The molecule has 1 aromatic rings. The van der Waals surface area contributed by atoms with Crippen LogP contribution in [0.5, 0.6) is 0 Å². The molecule has 0 saturated carbocycles. The Morgan fingerprint density at radius 3 is 2.73 bits per heavy atom. The Bertz CT molecular complexity index is 349. The van der Waals surface area contributed by atoms with E-state index in [-0.39, 0.29) is 11.8 Å². The van der Waals surface area contributed by atoms with Gasteiger partial charge in [0.1, 0.15) is 0 Å². The van der Waals surface area contributed by atoms with Crippen molar-refractivity contribution in [2.24, 2.45) is 11.7 Å². The summed E-state index contributed by atoms with van der Waals surface area (Å²) in [5.41, 5.74) is 7.43. The first-order valence-corrected chi connectivity index (χ1v) is 4.99. The molecule has 0 radical (unpaired) electrons. The number of carbonyl (C=O) groups excluding carboxylic acids is 1. The third-order valence-corrected chi connectivity index (χ3v) is 2.30. The van der Waals surface area contributed by atoms with Crippen molar-refractivity contribution in [1.82, 2.24) is 4.98 Å². The van der Waals surface area contributed by atoms with Gasteiger partial charge in [-0.3, -0.25) is 9.78 Å². The average Bonchev–Trinajstić information content (AvgIpc) is 2.20. The highest BCUT2D eigenvalue weighted by Crippen LogP contribution is 2.12. The lowest BCUT2D eigenvalue weighted by Crippen LogP contribution is -2.39. The quantitative estimate of drug-likeness (QED) is 0.785. The molecule has 0 saturated heterocycles. The van der Waals surface area contributed by atoms with Gasteiger partial charge in [0.15, 0.2) is 0 Å². The molecule has 1 rings (SSSR count). The lowest BCUT2D eigenvalue weighted by molar-refractivity contribution is -0.118. The standard InChI is InChI=1S/C11H17N3O/c1-7(2)10(12)11(15)14-9-4-5-13-6-8(9)3/h4-7,10H,12H2,1-3H3,(H,13,14,15)/t10-/m0/s1. The minimum absolute atomic E-state index is 0.132. The zero-order valence-corrected chi connectivity index (χ0v) is 9.32. The third-order valence-electron chi connectivity index (χ3n) is 2.30. The van der Waals surface area contributed by atoms with Crippen molar-refractivity contribution < 1.29 is 4.79 Å². The van der Waals surface area contributed by atoms with Crippen LogP contribution >= 0.6 is 0 Å². The molecule has 4 nitrogen and oxygen atoms in total. The highest BCUT2D eigenvalue weighted by Gasteiger charge is 2.17. The number of amides is 1. The fraction of sp³-hybridized carbons (Fsp3) is 0.455. The maximum atomic E-state index is 11.6. The van der Waals surface area contributed by atoms with Gasteiger partial charge in [-0.15, -0.1) is 0 Å². The summed E-state index contributed by atoms with van der Waals surface area (Å²) >= 11 is 0. The van der Waals surface area contributed by atoms with Gasteiger partial charge in [0.05, 0.1) is 6.04 Å². The molecule has 4 heteroatoms. The van der Waals surface area contributed by atoms with Crippen LogP contribution in [0.25, 0.3) is 0 Å². The molecule has 15 heavy (non-hydrogen) atoms. The Morgan fingerprint density at radius 1 is 1.53 bits per heavy atom. The summed E-state index contributed by atoms with van der Waals surface area (Å²) in [7, 11) is 0. The largest absolute Gasteiger partial charge is 0.324 e. The van der Waals surface area contributed by atoms with Gasteiger partial charge in [0, 0.05) is 18.1 Å². The molecule has 0 aliphatic rings. The van der Waals surface area contributed by atoms with Crippen LogP contribution in [-0.4, -0.2) is 16.9 Å². The molecule has 1 aromatic heterocycles. The molecule has 3 N–H and O–H groups in total. The molecule has 0 aliphatic heterocycles. The van der Waals surface area contributed by atoms with Crippen LogP contribution in [0.1, 0.15) is 19.4 Å². The van der Waals surface area contributed by atoms with E-state index in [1.807, 2.05) is 20.8 Å². The second-order valence-electron chi connectivity index (χ2n) is 3.95. The summed E-state index contributed by atoms with van der Waals surface area (Å²) in [5, 5.41) is 2.79. The first kappa shape index (κ1) is 11.7. The molecule has 0 bridgehead atoms. The predicted molar refractivity (Wildman–Crippen MR) is 60.4 cm³/mol. The number of hydrogen-bond donors (Lipinski definition) is 2. The lowest BCUT2D eigenvalue weighted by Gasteiger charge is -2.16. The number of nitrogens with one attached hydrogen (secondary N) is 1. The molecule has 0 unspecified atom stereocenters. The van der Waals surface area contributed by atoms with E-state index in [1.165, 1.54) is 0 Å². The first-order chi connectivity index (χ1) is 7.02. The summed E-state index contributed by atoms with van der Waals surface area (Å²) in [6, 6.07) is 1.29. The van der Waals surface area contributed by atoms with E-state index in [0.29, 0.717) is 0 Å². The number of hydrogen-bond acceptors (Lipinski definition) is 3. The number of nitrogens with two attached hydrogens (primary N) is 1. The van der Waals surface area contributed by atoms with Crippen LogP contribution in [0.15, 0.2) is 18.5 Å². The highest BCUT2D eigenvalue weighted by molar-refractivity contribution is 5.95. The van der Waals surface area contributed by atoms with E-state index in [0.717, 1.165) is 11.3 Å². The molecule has 0 spiro atoms. The average molecular weight is 207 g/mol. The number of pyridine rings is 1. The van der Waals surface area contributed by atoms with Crippen LogP contribution < -0.4 is 11.1 Å². The smallest absolute Gasteiger partial charge is 0.241 e. The minimum Gasteiger partial charge on any atom is -0.324 e. The topological polar surface area (TPSA) is 68.0 Å². The van der Waals surface area contributed by atoms with E-state index < -0.39 is 6.04 Å². The van der Waals surface area contributed by atoms with Crippen LogP contribution in [0, 0.1) is 12.8 Å². The van der Waals surface area contributed by atoms with E-state index in [2.05, 4.69) is 10.3 Å². The normalized spacial score (nSPS) is 12.6. The van der Waals surface area contributed by atoms with E-state index in [1.54, 1.807) is 18.5 Å². The molecular weight excluding hydrogens is 190 g/mol. The van der Waals surface area contributed by atoms with Gasteiger partial charge in [0.25, 0.3) is 0 Å². The number of anilines is 1. The van der Waals surface area contributed by atoms with Crippen LogP contribution in [0.4, 0.5) is 5.69 Å². The van der Waals surface area contributed by atoms with Crippen molar-refractivity contribution in [3.8, 4) is 0 Å². The predicted octanol–water partition coefficient (Wildman–Crippen LogP) is 1.31. The van der Waals surface area contributed by atoms with Crippen molar-refractivity contribution in [2.75, 3.05) is 5.32 Å². The highest BCUT2D eigenvalue weighted by atomic mass is 16.2. The monoisotopic (exact) mass is 207 g/mol. The van der Waals surface area contributed by atoms with Gasteiger partial charge in [-0.1, -0.05) is 13.8 Å². The summed E-state index contributed by atoms with van der Waals surface area (Å²) in [6.45, 7) is 5.73. The van der Waals surface area contributed by atoms with Gasteiger partial charge in [0.2, 0.25) is 5.91 Å². The van der Waals surface area contributed by atoms with Gasteiger partial charge in [-0.05, 0) is 24.5 Å². The lowest BCUT2D eigenvalue weighted by atomic mass is 10.0. The van der Waals surface area contributed by atoms with Crippen molar-refractivity contribution in [3.63, 3.8) is 0 Å². The summed E-state index contributed by atoms with van der Waals surface area (Å²) in [4.78, 5) is 15.6. The van der Waals surface area contributed by atoms with Gasteiger partial charge >= 0.3 is 0 Å². The number of rotatable bonds is 3. The number of aryl methyl sites for hydroxylation is 1. The molecule has 0 aromatic carbocycles. The molecule has 1 amide bonds. The number of aromatic nitrogens is 1. The van der Waals surface area contributed by atoms with E-state index >= 15 is 0 Å². The van der Waals surface area contributed by atoms with E-state index in [4.69, 9.17) is 5.73 Å². The molecule has 1 heterocycles. The third kappa shape index (κ3) is 3.02. The zero-order valence-electron chi connectivity index (χ0n) is 9.32. The molecule has 0 fully saturated rings. The first-order valence-electron chi connectivity index (χ1n) is 4.99. The van der Waals surface area contributed by atoms with Crippen LogP contribution in [0.3, 0.4) is 0 Å².